The van der Waals surface area contributed by atoms with E-state index in [0.717, 1.165) is 12.8 Å². The molecule has 5 heteroatoms. The number of amides is 1. The van der Waals surface area contributed by atoms with Crippen LogP contribution in [0.4, 0.5) is 11.4 Å². The van der Waals surface area contributed by atoms with Gasteiger partial charge in [-0.2, -0.15) is 0 Å². The second kappa shape index (κ2) is 4.53. The van der Waals surface area contributed by atoms with Crippen LogP contribution in [0.2, 0.25) is 0 Å². The highest BCUT2D eigenvalue weighted by atomic mass is 16.6. The van der Waals surface area contributed by atoms with Crippen molar-refractivity contribution in [1.82, 2.24) is 0 Å². The molecule has 0 spiro atoms. The molecule has 1 saturated carbocycles. The van der Waals surface area contributed by atoms with Crippen molar-refractivity contribution in [2.45, 2.75) is 26.2 Å². The molecule has 1 amide bonds. The predicted octanol–water partition coefficient (Wildman–Crippen LogP) is 2.51. The molecule has 1 N–H and O–H groups in total. The number of nitrogens with one attached hydrogen (secondary N) is 1. The molecule has 1 aliphatic carbocycles. The topological polar surface area (TPSA) is 72.2 Å². The van der Waals surface area contributed by atoms with Gasteiger partial charge in [0.05, 0.1) is 4.92 Å². The van der Waals surface area contributed by atoms with E-state index >= 15 is 0 Å². The zero-order chi connectivity index (χ0) is 12.4. The van der Waals surface area contributed by atoms with Gasteiger partial charge < -0.3 is 5.32 Å². The lowest BCUT2D eigenvalue weighted by Crippen LogP contribution is -2.13. The molecule has 5 nitrogen and oxygen atoms in total. The van der Waals surface area contributed by atoms with Crippen LogP contribution in [0.15, 0.2) is 18.2 Å². The molecule has 1 aliphatic rings. The van der Waals surface area contributed by atoms with Crippen LogP contribution in [0.3, 0.4) is 0 Å². The molecule has 0 unspecified atom stereocenters. The highest BCUT2D eigenvalue weighted by Gasteiger charge is 2.29. The Balaban J connectivity index is 2.20. The maximum atomic E-state index is 11.5. The highest BCUT2D eigenvalue weighted by molar-refractivity contribution is 5.94. The smallest absolute Gasteiger partial charge is 0.274 e. The van der Waals surface area contributed by atoms with Gasteiger partial charge in [0, 0.05) is 23.2 Å². The number of nitrogens with zero attached hydrogens (tertiary/aromatic N) is 1. The van der Waals surface area contributed by atoms with E-state index in [1.807, 2.05) is 6.92 Å². The zero-order valence-corrected chi connectivity index (χ0v) is 9.60. The zero-order valence-electron chi connectivity index (χ0n) is 9.60. The Morgan fingerprint density at radius 3 is 2.76 bits per heavy atom. The van der Waals surface area contributed by atoms with Crippen molar-refractivity contribution in [3.05, 3.63) is 33.9 Å². The average Bonchev–Trinajstić information content (AvgIpc) is 3.12. The third-order valence-electron chi connectivity index (χ3n) is 2.88. The monoisotopic (exact) mass is 234 g/mol. The summed E-state index contributed by atoms with van der Waals surface area (Å²) < 4.78 is 0. The second-order valence-corrected chi connectivity index (χ2v) is 4.22. The summed E-state index contributed by atoms with van der Waals surface area (Å²) in [7, 11) is 0. The minimum Gasteiger partial charge on any atom is -0.326 e. The fraction of sp³-hybridized carbons (Fsp3) is 0.417. The summed E-state index contributed by atoms with van der Waals surface area (Å²) in [6, 6.07) is 4.84. The molecule has 1 aromatic rings. The lowest BCUT2D eigenvalue weighted by Gasteiger charge is -2.06. The van der Waals surface area contributed by atoms with Crippen molar-refractivity contribution in [3.63, 3.8) is 0 Å². The van der Waals surface area contributed by atoms with Gasteiger partial charge in [0.25, 0.3) is 5.69 Å². The van der Waals surface area contributed by atoms with Gasteiger partial charge in [-0.3, -0.25) is 14.9 Å². The van der Waals surface area contributed by atoms with Gasteiger partial charge in [0.2, 0.25) is 5.91 Å². The van der Waals surface area contributed by atoms with Crippen molar-refractivity contribution >= 4 is 17.3 Å². The summed E-state index contributed by atoms with van der Waals surface area (Å²) in [5.74, 6) is 0.0588. The van der Waals surface area contributed by atoms with E-state index in [0.29, 0.717) is 17.7 Å². The molecular formula is C12H14N2O3. The maximum Gasteiger partial charge on any atom is 0.274 e. The van der Waals surface area contributed by atoms with Gasteiger partial charge in [-0.15, -0.1) is 0 Å². The summed E-state index contributed by atoms with van der Waals surface area (Å²) in [5, 5.41) is 13.6. The Morgan fingerprint density at radius 1 is 1.53 bits per heavy atom. The minimum atomic E-state index is -0.411. The fourth-order valence-corrected chi connectivity index (χ4v) is 1.70. The van der Waals surface area contributed by atoms with Crippen molar-refractivity contribution < 1.29 is 9.72 Å². The van der Waals surface area contributed by atoms with Crippen LogP contribution in [0.5, 0.6) is 0 Å². The van der Waals surface area contributed by atoms with Crippen LogP contribution < -0.4 is 5.32 Å². The molecule has 1 fully saturated rings. The van der Waals surface area contributed by atoms with E-state index in [-0.39, 0.29) is 17.5 Å². The molecular weight excluding hydrogens is 220 g/mol. The number of carbonyl (C=O) groups is 1. The van der Waals surface area contributed by atoms with Crippen LogP contribution in [0, 0.1) is 16.0 Å². The Hall–Kier alpha value is -1.91. The van der Waals surface area contributed by atoms with E-state index in [1.165, 1.54) is 6.07 Å². The number of nitro benzene ring substituents is 1. The number of anilines is 1. The molecule has 1 aromatic carbocycles. The number of rotatable bonds is 4. The largest absolute Gasteiger partial charge is 0.326 e. The Labute approximate surface area is 99.0 Å². The van der Waals surface area contributed by atoms with Crippen molar-refractivity contribution in [1.29, 1.82) is 0 Å². The second-order valence-electron chi connectivity index (χ2n) is 4.22. The van der Waals surface area contributed by atoms with E-state index in [9.17, 15) is 14.9 Å². The standard InChI is InChI=1S/C12H14N2O3/c1-2-8-5-6-10(7-11(8)14(16)17)13-12(15)9-3-4-9/h5-7,9H,2-4H2,1H3,(H,13,15). The van der Waals surface area contributed by atoms with Crippen molar-refractivity contribution in [2.75, 3.05) is 5.32 Å². The number of aryl methyl sites for hydroxylation is 1. The van der Waals surface area contributed by atoms with Crippen LogP contribution in [-0.4, -0.2) is 10.8 Å². The fourth-order valence-electron chi connectivity index (χ4n) is 1.70. The molecule has 90 valence electrons. The van der Waals surface area contributed by atoms with Gasteiger partial charge in [-0.05, 0) is 25.3 Å². The predicted molar refractivity (Wildman–Crippen MR) is 63.8 cm³/mol. The van der Waals surface area contributed by atoms with E-state index in [2.05, 4.69) is 5.32 Å². The van der Waals surface area contributed by atoms with Crippen molar-refractivity contribution in [3.8, 4) is 0 Å². The first-order valence-electron chi connectivity index (χ1n) is 5.70. The third kappa shape index (κ3) is 2.61. The lowest BCUT2D eigenvalue weighted by molar-refractivity contribution is -0.385. The first kappa shape index (κ1) is 11.6. The summed E-state index contributed by atoms with van der Waals surface area (Å²) >= 11 is 0. The summed E-state index contributed by atoms with van der Waals surface area (Å²) in [6.07, 6.45) is 2.44. The summed E-state index contributed by atoms with van der Waals surface area (Å²) in [6.45, 7) is 1.87. The minimum absolute atomic E-state index is 0.0384. The maximum absolute atomic E-state index is 11.5. The molecule has 0 bridgehead atoms. The number of benzene rings is 1. The molecule has 0 aromatic heterocycles. The summed E-state index contributed by atoms with van der Waals surface area (Å²) in [4.78, 5) is 22.0. The van der Waals surface area contributed by atoms with E-state index in [1.54, 1.807) is 12.1 Å². The van der Waals surface area contributed by atoms with Crippen LogP contribution >= 0.6 is 0 Å². The molecule has 0 heterocycles. The Kier molecular flexibility index (Phi) is 3.08. The molecule has 0 atom stereocenters. The molecule has 0 radical (unpaired) electrons. The number of hydrogen-bond acceptors (Lipinski definition) is 3. The Morgan fingerprint density at radius 2 is 2.24 bits per heavy atom. The van der Waals surface area contributed by atoms with Crippen LogP contribution in [-0.2, 0) is 11.2 Å². The summed E-state index contributed by atoms with van der Waals surface area (Å²) in [5.41, 5.74) is 1.26. The van der Waals surface area contributed by atoms with Gasteiger partial charge in [-0.1, -0.05) is 13.0 Å². The number of nitro groups is 1. The number of hydrogen-bond donors (Lipinski definition) is 1. The van der Waals surface area contributed by atoms with Gasteiger partial charge >= 0.3 is 0 Å². The first-order valence-corrected chi connectivity index (χ1v) is 5.70. The third-order valence-corrected chi connectivity index (χ3v) is 2.88. The number of carbonyl (C=O) groups excluding carboxylic acids is 1. The first-order chi connectivity index (χ1) is 8.11. The van der Waals surface area contributed by atoms with Gasteiger partial charge in [0.1, 0.15) is 0 Å². The van der Waals surface area contributed by atoms with Gasteiger partial charge in [-0.25, -0.2) is 0 Å². The highest BCUT2D eigenvalue weighted by Crippen LogP contribution is 2.31. The molecule has 0 aliphatic heterocycles. The lowest BCUT2D eigenvalue weighted by atomic mass is 10.1. The molecule has 0 saturated heterocycles. The SMILES string of the molecule is CCc1ccc(NC(=O)C2CC2)cc1[N+](=O)[O-]. The van der Waals surface area contributed by atoms with Crippen molar-refractivity contribution in [2.24, 2.45) is 5.92 Å². The Bertz CT molecular complexity index is 467. The van der Waals surface area contributed by atoms with Crippen LogP contribution in [0.1, 0.15) is 25.3 Å². The molecule has 2 rings (SSSR count). The quantitative estimate of drug-likeness (QED) is 0.642. The average molecular weight is 234 g/mol. The molecule has 17 heavy (non-hydrogen) atoms. The van der Waals surface area contributed by atoms with E-state index < -0.39 is 4.92 Å². The van der Waals surface area contributed by atoms with E-state index in [4.69, 9.17) is 0 Å². The van der Waals surface area contributed by atoms with Gasteiger partial charge in [0.15, 0.2) is 0 Å². The van der Waals surface area contributed by atoms with Crippen LogP contribution in [0.25, 0.3) is 0 Å². The normalized spacial score (nSPS) is 14.4.